The van der Waals surface area contributed by atoms with Gasteiger partial charge in [0.15, 0.2) is 0 Å². The summed E-state index contributed by atoms with van der Waals surface area (Å²) in [6.45, 7) is 3.30. The summed E-state index contributed by atoms with van der Waals surface area (Å²) in [5.41, 5.74) is 0. The Morgan fingerprint density at radius 3 is 2.40 bits per heavy atom. The van der Waals surface area contributed by atoms with Crippen molar-refractivity contribution in [3.05, 3.63) is 12.7 Å². The number of hydrogen-bond donors (Lipinski definition) is 3. The van der Waals surface area contributed by atoms with E-state index < -0.39 is 12.2 Å². The topological polar surface area (TPSA) is 60.7 Å². The molecule has 3 nitrogen and oxygen atoms in total. The predicted octanol–water partition coefficient (Wildman–Crippen LogP) is -0.333. The summed E-state index contributed by atoms with van der Waals surface area (Å²) in [6, 6.07) is 0. The van der Waals surface area contributed by atoms with Gasteiger partial charge in [-0.1, -0.05) is 6.08 Å². The summed E-state index contributed by atoms with van der Waals surface area (Å²) in [5.74, 6) is 0. The van der Waals surface area contributed by atoms with Crippen LogP contribution in [0.25, 0.3) is 0 Å². The van der Waals surface area contributed by atoms with E-state index in [0.717, 1.165) is 0 Å². The molecule has 0 aliphatic heterocycles. The summed E-state index contributed by atoms with van der Waals surface area (Å²) < 4.78 is 0. The molecule has 0 spiro atoms. The van der Waals surface area contributed by atoms with E-state index in [9.17, 15) is 0 Å². The first kappa shape index (κ1) is 9.62. The van der Waals surface area contributed by atoms with Crippen LogP contribution in [0.1, 0.15) is 12.8 Å². The molecule has 0 saturated heterocycles. The standard InChI is InChI=1S/C7H14O3/c1-2-6(9)5-7(10)3-4-8/h2,6-10H,1,3-5H2. The fourth-order valence-corrected chi connectivity index (χ4v) is 0.642. The second-order valence-electron chi connectivity index (χ2n) is 2.20. The fourth-order valence-electron chi connectivity index (χ4n) is 0.642. The van der Waals surface area contributed by atoms with Crippen LogP contribution in [0.2, 0.25) is 0 Å². The first-order chi connectivity index (χ1) is 4.70. The summed E-state index contributed by atoms with van der Waals surface area (Å²) in [5, 5.41) is 26.2. The first-order valence-electron chi connectivity index (χ1n) is 3.30. The van der Waals surface area contributed by atoms with Crippen LogP contribution in [0.15, 0.2) is 12.7 Å². The Labute approximate surface area is 60.6 Å². The summed E-state index contributed by atoms with van der Waals surface area (Å²) in [4.78, 5) is 0. The lowest BCUT2D eigenvalue weighted by Gasteiger charge is -2.10. The molecule has 0 saturated carbocycles. The number of hydrogen-bond acceptors (Lipinski definition) is 3. The quantitative estimate of drug-likeness (QED) is 0.465. The van der Waals surface area contributed by atoms with Crippen molar-refractivity contribution >= 4 is 0 Å². The van der Waals surface area contributed by atoms with Crippen molar-refractivity contribution in [3.8, 4) is 0 Å². The highest BCUT2D eigenvalue weighted by Crippen LogP contribution is 2.01. The van der Waals surface area contributed by atoms with E-state index in [4.69, 9.17) is 15.3 Å². The lowest BCUT2D eigenvalue weighted by Crippen LogP contribution is -2.16. The van der Waals surface area contributed by atoms with E-state index in [2.05, 4.69) is 6.58 Å². The molecule has 0 fully saturated rings. The lowest BCUT2D eigenvalue weighted by molar-refractivity contribution is 0.0826. The van der Waals surface area contributed by atoms with Crippen LogP contribution in [0, 0.1) is 0 Å². The SMILES string of the molecule is C=CC(O)CC(O)CCO. The van der Waals surface area contributed by atoms with Gasteiger partial charge >= 0.3 is 0 Å². The van der Waals surface area contributed by atoms with E-state index in [0.29, 0.717) is 6.42 Å². The molecular formula is C7H14O3. The molecule has 0 aromatic heterocycles. The molecule has 3 N–H and O–H groups in total. The molecule has 2 unspecified atom stereocenters. The molecule has 0 aromatic carbocycles. The minimum absolute atomic E-state index is 0.0506. The monoisotopic (exact) mass is 146 g/mol. The van der Waals surface area contributed by atoms with Gasteiger partial charge in [0, 0.05) is 13.0 Å². The molecule has 0 heterocycles. The fraction of sp³-hybridized carbons (Fsp3) is 0.714. The summed E-state index contributed by atoms with van der Waals surface area (Å²) in [7, 11) is 0. The van der Waals surface area contributed by atoms with Crippen molar-refractivity contribution in [2.45, 2.75) is 25.0 Å². The van der Waals surface area contributed by atoms with Gasteiger partial charge in [0.25, 0.3) is 0 Å². The highest BCUT2D eigenvalue weighted by molar-refractivity contribution is 4.79. The molecular weight excluding hydrogens is 132 g/mol. The Kier molecular flexibility index (Phi) is 5.20. The van der Waals surface area contributed by atoms with E-state index in [1.54, 1.807) is 0 Å². The van der Waals surface area contributed by atoms with Crippen molar-refractivity contribution < 1.29 is 15.3 Å². The van der Waals surface area contributed by atoms with Crippen LogP contribution in [-0.2, 0) is 0 Å². The number of aliphatic hydroxyl groups is 3. The molecule has 0 aliphatic rings. The maximum atomic E-state index is 8.98. The van der Waals surface area contributed by atoms with Crippen LogP contribution in [0.3, 0.4) is 0 Å². The average molecular weight is 146 g/mol. The third kappa shape index (κ3) is 4.49. The van der Waals surface area contributed by atoms with Gasteiger partial charge < -0.3 is 15.3 Å². The zero-order valence-electron chi connectivity index (χ0n) is 5.90. The van der Waals surface area contributed by atoms with Gasteiger partial charge in [-0.05, 0) is 6.42 Å². The van der Waals surface area contributed by atoms with Gasteiger partial charge in [-0.3, -0.25) is 0 Å². The molecule has 0 radical (unpaired) electrons. The molecule has 10 heavy (non-hydrogen) atoms. The van der Waals surface area contributed by atoms with Gasteiger partial charge in [0.2, 0.25) is 0 Å². The highest BCUT2D eigenvalue weighted by Gasteiger charge is 2.07. The Hall–Kier alpha value is -0.380. The van der Waals surface area contributed by atoms with Crippen molar-refractivity contribution in [3.63, 3.8) is 0 Å². The molecule has 2 atom stereocenters. The third-order valence-corrected chi connectivity index (χ3v) is 1.25. The first-order valence-corrected chi connectivity index (χ1v) is 3.30. The second-order valence-corrected chi connectivity index (χ2v) is 2.20. The molecule has 0 aromatic rings. The van der Waals surface area contributed by atoms with Crippen molar-refractivity contribution in [2.24, 2.45) is 0 Å². The third-order valence-electron chi connectivity index (χ3n) is 1.25. The average Bonchev–Trinajstić information content (AvgIpc) is 1.88. The van der Waals surface area contributed by atoms with Gasteiger partial charge in [-0.2, -0.15) is 0 Å². The Morgan fingerprint density at radius 2 is 2.00 bits per heavy atom. The molecule has 60 valence electrons. The van der Waals surface area contributed by atoms with Gasteiger partial charge in [0.1, 0.15) is 0 Å². The van der Waals surface area contributed by atoms with Crippen molar-refractivity contribution in [1.82, 2.24) is 0 Å². The zero-order chi connectivity index (χ0) is 7.98. The zero-order valence-corrected chi connectivity index (χ0v) is 5.90. The minimum atomic E-state index is -0.665. The lowest BCUT2D eigenvalue weighted by atomic mass is 10.1. The number of aliphatic hydroxyl groups excluding tert-OH is 3. The van der Waals surface area contributed by atoms with Crippen LogP contribution in [-0.4, -0.2) is 34.1 Å². The number of rotatable bonds is 5. The van der Waals surface area contributed by atoms with E-state index in [-0.39, 0.29) is 13.0 Å². The second kappa shape index (κ2) is 5.41. The van der Waals surface area contributed by atoms with Gasteiger partial charge in [0.05, 0.1) is 12.2 Å². The Morgan fingerprint density at radius 1 is 1.40 bits per heavy atom. The van der Waals surface area contributed by atoms with E-state index >= 15 is 0 Å². The molecule has 0 rings (SSSR count). The maximum absolute atomic E-state index is 8.98. The Balaban J connectivity index is 3.36. The van der Waals surface area contributed by atoms with E-state index in [1.165, 1.54) is 6.08 Å². The van der Waals surface area contributed by atoms with Gasteiger partial charge in [-0.15, -0.1) is 6.58 Å². The predicted molar refractivity (Wildman–Crippen MR) is 38.5 cm³/mol. The van der Waals surface area contributed by atoms with Crippen LogP contribution >= 0.6 is 0 Å². The van der Waals surface area contributed by atoms with Crippen LogP contribution < -0.4 is 0 Å². The highest BCUT2D eigenvalue weighted by atomic mass is 16.3. The van der Waals surface area contributed by atoms with Crippen molar-refractivity contribution in [1.29, 1.82) is 0 Å². The molecule has 0 aliphatic carbocycles. The normalized spacial score (nSPS) is 16.3. The Bertz CT molecular complexity index is 92.9. The summed E-state index contributed by atoms with van der Waals surface area (Å²) in [6.07, 6.45) is 0.634. The van der Waals surface area contributed by atoms with Crippen LogP contribution in [0.4, 0.5) is 0 Å². The smallest absolute Gasteiger partial charge is 0.0742 e. The maximum Gasteiger partial charge on any atom is 0.0742 e. The summed E-state index contributed by atoms with van der Waals surface area (Å²) >= 11 is 0. The largest absolute Gasteiger partial charge is 0.396 e. The van der Waals surface area contributed by atoms with Gasteiger partial charge in [-0.25, -0.2) is 0 Å². The molecule has 0 bridgehead atoms. The minimum Gasteiger partial charge on any atom is -0.396 e. The van der Waals surface area contributed by atoms with Crippen LogP contribution in [0.5, 0.6) is 0 Å². The van der Waals surface area contributed by atoms with Crippen molar-refractivity contribution in [2.75, 3.05) is 6.61 Å². The van der Waals surface area contributed by atoms with E-state index in [1.807, 2.05) is 0 Å². The molecule has 3 heteroatoms. The molecule has 0 amide bonds.